The molecule has 0 spiro atoms. The molecule has 0 saturated heterocycles. The van der Waals surface area contributed by atoms with E-state index in [1.165, 1.54) is 0 Å². The molecular formula is C16H16ClNO2. The summed E-state index contributed by atoms with van der Waals surface area (Å²) in [4.78, 5) is 12.3. The number of ether oxygens (including phenoxy) is 1. The number of carbonyl (C=O) groups excluding carboxylic acids is 1. The van der Waals surface area contributed by atoms with Gasteiger partial charge in [-0.2, -0.15) is 0 Å². The monoisotopic (exact) mass is 289 g/mol. The average molecular weight is 290 g/mol. The van der Waals surface area contributed by atoms with Crippen LogP contribution in [0.4, 0.5) is 5.69 Å². The van der Waals surface area contributed by atoms with E-state index in [2.05, 4.69) is 5.32 Å². The van der Waals surface area contributed by atoms with Crippen LogP contribution in [0.5, 0.6) is 5.75 Å². The van der Waals surface area contributed by atoms with E-state index in [0.717, 1.165) is 5.56 Å². The molecule has 0 heterocycles. The van der Waals surface area contributed by atoms with Gasteiger partial charge >= 0.3 is 0 Å². The second-order valence-corrected chi connectivity index (χ2v) is 4.90. The Morgan fingerprint density at radius 1 is 1.20 bits per heavy atom. The molecule has 4 heteroatoms. The quantitative estimate of drug-likeness (QED) is 0.920. The zero-order valence-electron chi connectivity index (χ0n) is 11.4. The van der Waals surface area contributed by atoms with Crippen LogP contribution in [-0.2, 0) is 4.79 Å². The fourth-order valence-corrected chi connectivity index (χ4v) is 2.08. The third-order valence-electron chi connectivity index (χ3n) is 3.11. The largest absolute Gasteiger partial charge is 0.495 e. The minimum atomic E-state index is -0.250. The highest BCUT2D eigenvalue weighted by Gasteiger charge is 2.16. The Labute approximate surface area is 123 Å². The topological polar surface area (TPSA) is 38.3 Å². The maximum Gasteiger partial charge on any atom is 0.231 e. The standard InChI is InChI=1S/C16H16ClNO2/c1-11(12-6-4-3-5-7-12)16(19)18-14-10-13(17)8-9-15(14)20-2/h3-11H,1-2H3,(H,18,19)/t11-/m1/s1. The first kappa shape index (κ1) is 14.4. The van der Waals surface area contributed by atoms with Crippen molar-refractivity contribution < 1.29 is 9.53 Å². The molecule has 0 aromatic heterocycles. The lowest BCUT2D eigenvalue weighted by molar-refractivity contribution is -0.117. The molecule has 2 aromatic rings. The number of nitrogens with one attached hydrogen (secondary N) is 1. The Kier molecular flexibility index (Phi) is 4.64. The molecule has 0 radical (unpaired) electrons. The van der Waals surface area contributed by atoms with Crippen LogP contribution >= 0.6 is 11.6 Å². The van der Waals surface area contributed by atoms with Gasteiger partial charge in [0.15, 0.2) is 0 Å². The lowest BCUT2D eigenvalue weighted by Gasteiger charge is -2.15. The molecule has 20 heavy (non-hydrogen) atoms. The van der Waals surface area contributed by atoms with Gasteiger partial charge in [0.1, 0.15) is 5.75 Å². The summed E-state index contributed by atoms with van der Waals surface area (Å²) in [5.41, 5.74) is 1.54. The number of halogens is 1. The lowest BCUT2D eigenvalue weighted by atomic mass is 10.0. The van der Waals surface area contributed by atoms with E-state index in [1.54, 1.807) is 25.3 Å². The number of hydrogen-bond donors (Lipinski definition) is 1. The average Bonchev–Trinajstić information content (AvgIpc) is 2.47. The lowest BCUT2D eigenvalue weighted by Crippen LogP contribution is -2.19. The fraction of sp³-hybridized carbons (Fsp3) is 0.188. The van der Waals surface area contributed by atoms with Gasteiger partial charge in [-0.1, -0.05) is 41.9 Å². The molecule has 0 aliphatic rings. The predicted molar refractivity (Wildman–Crippen MR) is 81.5 cm³/mol. The zero-order valence-corrected chi connectivity index (χ0v) is 12.1. The number of methoxy groups -OCH3 is 1. The van der Waals surface area contributed by atoms with Gasteiger partial charge in [0, 0.05) is 5.02 Å². The number of rotatable bonds is 4. The summed E-state index contributed by atoms with van der Waals surface area (Å²) in [6.45, 7) is 1.86. The minimum absolute atomic E-state index is 0.100. The van der Waals surface area contributed by atoms with Crippen LogP contribution in [0.2, 0.25) is 5.02 Å². The normalized spacial score (nSPS) is 11.8. The summed E-state index contributed by atoms with van der Waals surface area (Å²) < 4.78 is 5.21. The molecule has 0 bridgehead atoms. The molecule has 104 valence electrons. The van der Waals surface area contributed by atoms with Crippen LogP contribution in [0.25, 0.3) is 0 Å². The molecule has 3 nitrogen and oxygen atoms in total. The maximum absolute atomic E-state index is 12.3. The molecule has 1 atom stereocenters. The van der Waals surface area contributed by atoms with E-state index in [9.17, 15) is 4.79 Å². The number of benzene rings is 2. The molecule has 0 saturated carbocycles. The summed E-state index contributed by atoms with van der Waals surface area (Å²) in [5, 5.41) is 3.40. The number of hydrogen-bond acceptors (Lipinski definition) is 2. The van der Waals surface area contributed by atoms with Crippen molar-refractivity contribution in [3.8, 4) is 5.75 Å². The zero-order chi connectivity index (χ0) is 14.5. The summed E-state index contributed by atoms with van der Waals surface area (Å²) in [7, 11) is 1.56. The van der Waals surface area contributed by atoms with E-state index >= 15 is 0 Å². The Hall–Kier alpha value is -2.00. The van der Waals surface area contributed by atoms with Gasteiger partial charge in [-0.05, 0) is 30.7 Å². The van der Waals surface area contributed by atoms with Crippen molar-refractivity contribution in [2.24, 2.45) is 0 Å². The van der Waals surface area contributed by atoms with Gasteiger partial charge in [0.25, 0.3) is 0 Å². The number of anilines is 1. The maximum atomic E-state index is 12.3. The van der Waals surface area contributed by atoms with Crippen molar-refractivity contribution in [2.45, 2.75) is 12.8 Å². The van der Waals surface area contributed by atoms with Gasteiger partial charge < -0.3 is 10.1 Å². The first-order valence-electron chi connectivity index (χ1n) is 6.31. The molecule has 1 amide bonds. The first-order chi connectivity index (χ1) is 9.61. The number of amides is 1. The molecule has 1 N–H and O–H groups in total. The van der Waals surface area contributed by atoms with Crippen molar-refractivity contribution in [1.29, 1.82) is 0 Å². The summed E-state index contributed by atoms with van der Waals surface area (Å²) >= 11 is 5.95. The van der Waals surface area contributed by atoms with Gasteiger partial charge in [0.05, 0.1) is 18.7 Å². The highest BCUT2D eigenvalue weighted by Crippen LogP contribution is 2.29. The predicted octanol–water partition coefficient (Wildman–Crippen LogP) is 4.09. The van der Waals surface area contributed by atoms with Crippen molar-refractivity contribution in [3.63, 3.8) is 0 Å². The van der Waals surface area contributed by atoms with Crippen molar-refractivity contribution in [3.05, 3.63) is 59.1 Å². The van der Waals surface area contributed by atoms with Crippen LogP contribution in [0, 0.1) is 0 Å². The van der Waals surface area contributed by atoms with Crippen LogP contribution in [0.1, 0.15) is 18.4 Å². The minimum Gasteiger partial charge on any atom is -0.495 e. The highest BCUT2D eigenvalue weighted by molar-refractivity contribution is 6.31. The van der Waals surface area contributed by atoms with Crippen molar-refractivity contribution in [2.75, 3.05) is 12.4 Å². The van der Waals surface area contributed by atoms with E-state index in [4.69, 9.17) is 16.3 Å². The Bertz CT molecular complexity index is 599. The second kappa shape index (κ2) is 6.44. The van der Waals surface area contributed by atoms with Crippen LogP contribution in [-0.4, -0.2) is 13.0 Å². The molecular weight excluding hydrogens is 274 g/mol. The van der Waals surface area contributed by atoms with Gasteiger partial charge in [0.2, 0.25) is 5.91 Å². The van der Waals surface area contributed by atoms with Crippen LogP contribution in [0.15, 0.2) is 48.5 Å². The Balaban J connectivity index is 2.18. The van der Waals surface area contributed by atoms with E-state index in [-0.39, 0.29) is 11.8 Å². The highest BCUT2D eigenvalue weighted by atomic mass is 35.5. The molecule has 2 aromatic carbocycles. The molecule has 0 unspecified atom stereocenters. The summed E-state index contributed by atoms with van der Waals surface area (Å²) in [6.07, 6.45) is 0. The van der Waals surface area contributed by atoms with Crippen LogP contribution in [0.3, 0.4) is 0 Å². The van der Waals surface area contributed by atoms with Gasteiger partial charge in [-0.25, -0.2) is 0 Å². The van der Waals surface area contributed by atoms with E-state index in [1.807, 2.05) is 37.3 Å². The molecule has 0 fully saturated rings. The Morgan fingerprint density at radius 2 is 1.90 bits per heavy atom. The first-order valence-corrected chi connectivity index (χ1v) is 6.69. The fourth-order valence-electron chi connectivity index (χ4n) is 1.91. The summed E-state index contributed by atoms with van der Waals surface area (Å²) in [6, 6.07) is 14.7. The van der Waals surface area contributed by atoms with Gasteiger partial charge in [-0.3, -0.25) is 4.79 Å². The molecule has 0 aliphatic heterocycles. The van der Waals surface area contributed by atoms with Crippen LogP contribution < -0.4 is 10.1 Å². The third kappa shape index (κ3) is 3.31. The summed E-state index contributed by atoms with van der Waals surface area (Å²) in [5.74, 6) is 0.236. The van der Waals surface area contributed by atoms with E-state index < -0.39 is 0 Å². The molecule has 2 rings (SSSR count). The number of carbonyl (C=O) groups is 1. The second-order valence-electron chi connectivity index (χ2n) is 4.47. The third-order valence-corrected chi connectivity index (χ3v) is 3.35. The Morgan fingerprint density at radius 3 is 2.55 bits per heavy atom. The van der Waals surface area contributed by atoms with Crippen molar-refractivity contribution in [1.82, 2.24) is 0 Å². The van der Waals surface area contributed by atoms with Crippen molar-refractivity contribution >= 4 is 23.2 Å². The van der Waals surface area contributed by atoms with E-state index in [0.29, 0.717) is 16.5 Å². The SMILES string of the molecule is COc1ccc(Cl)cc1NC(=O)[C@H](C)c1ccccc1. The van der Waals surface area contributed by atoms with Gasteiger partial charge in [-0.15, -0.1) is 0 Å². The smallest absolute Gasteiger partial charge is 0.231 e. The molecule has 0 aliphatic carbocycles.